The van der Waals surface area contributed by atoms with E-state index in [2.05, 4.69) is 69.3 Å². The van der Waals surface area contributed by atoms with Crippen LogP contribution in [-0.2, 0) is 9.53 Å². The van der Waals surface area contributed by atoms with Gasteiger partial charge < -0.3 is 14.1 Å². The molecule has 1 aliphatic heterocycles. The molecule has 172 valence electrons. The molecule has 3 aromatic rings. The van der Waals surface area contributed by atoms with Gasteiger partial charge in [-0.15, -0.1) is 0 Å². The number of carbonyl (C=O) groups excluding carboxylic acids is 1. The van der Waals surface area contributed by atoms with Crippen molar-refractivity contribution in [3.63, 3.8) is 0 Å². The second-order valence-electron chi connectivity index (χ2n) is 9.64. The Bertz CT molecular complexity index is 1040. The summed E-state index contributed by atoms with van der Waals surface area (Å²) >= 11 is 0. The number of para-hydroxylation sites is 2. The highest BCUT2D eigenvalue weighted by Gasteiger charge is 2.52. The zero-order valence-corrected chi connectivity index (χ0v) is 21.0. The maximum atomic E-state index is 12.9. The van der Waals surface area contributed by atoms with E-state index < -0.39 is 8.32 Å². The van der Waals surface area contributed by atoms with Gasteiger partial charge in [0.05, 0.1) is 18.3 Å². The normalized spacial score (nSPS) is 16.8. The quantitative estimate of drug-likeness (QED) is 0.478. The Kier molecular flexibility index (Phi) is 6.72. The van der Waals surface area contributed by atoms with Gasteiger partial charge in [-0.1, -0.05) is 93.6 Å². The standard InChI is InChI=1S/C28H33NO3Si/c1-28(2,3)33(23-13-7-5-8-14-23,24-15-9-6-10-16-24)32-26-18-12-11-17-25(26)29-22(21-31-4)19-20-27(29)30/h5-18,22H,19-21H2,1-4H3/t22-/m1/s1. The molecule has 33 heavy (non-hydrogen) atoms. The van der Waals surface area contributed by atoms with Gasteiger partial charge in [0.1, 0.15) is 5.75 Å². The molecule has 1 saturated heterocycles. The van der Waals surface area contributed by atoms with Crippen LogP contribution in [0.4, 0.5) is 5.69 Å². The molecular weight excluding hydrogens is 426 g/mol. The third kappa shape index (κ3) is 4.35. The maximum Gasteiger partial charge on any atom is 0.320 e. The third-order valence-electron chi connectivity index (χ3n) is 6.49. The van der Waals surface area contributed by atoms with E-state index in [9.17, 15) is 4.79 Å². The van der Waals surface area contributed by atoms with Gasteiger partial charge in [-0.05, 0) is 34.0 Å². The number of hydrogen-bond acceptors (Lipinski definition) is 3. The Hall–Kier alpha value is -2.89. The summed E-state index contributed by atoms with van der Waals surface area (Å²) < 4.78 is 12.7. The summed E-state index contributed by atoms with van der Waals surface area (Å²) in [6.45, 7) is 7.29. The molecule has 1 heterocycles. The maximum absolute atomic E-state index is 12.9. The number of rotatable bonds is 7. The van der Waals surface area contributed by atoms with Gasteiger partial charge in [0, 0.05) is 13.5 Å². The highest BCUT2D eigenvalue weighted by Crippen LogP contribution is 2.41. The Morgan fingerprint density at radius 2 is 1.42 bits per heavy atom. The van der Waals surface area contributed by atoms with Crippen LogP contribution in [-0.4, -0.2) is 34.0 Å². The minimum Gasteiger partial charge on any atom is -0.533 e. The molecule has 0 saturated carbocycles. The van der Waals surface area contributed by atoms with Crippen molar-refractivity contribution in [3.05, 3.63) is 84.9 Å². The molecule has 0 spiro atoms. The van der Waals surface area contributed by atoms with Crippen LogP contribution < -0.4 is 19.7 Å². The first-order chi connectivity index (χ1) is 15.9. The summed E-state index contributed by atoms with van der Waals surface area (Å²) in [5.41, 5.74) is 0.829. The van der Waals surface area contributed by atoms with Gasteiger partial charge in [-0.2, -0.15) is 0 Å². The van der Waals surface area contributed by atoms with E-state index in [1.165, 1.54) is 10.4 Å². The van der Waals surface area contributed by atoms with Crippen LogP contribution in [0.3, 0.4) is 0 Å². The van der Waals surface area contributed by atoms with Gasteiger partial charge in [0.15, 0.2) is 0 Å². The van der Waals surface area contributed by atoms with Gasteiger partial charge in [-0.3, -0.25) is 4.79 Å². The fraction of sp³-hybridized carbons (Fsp3) is 0.321. The van der Waals surface area contributed by atoms with Gasteiger partial charge in [0.2, 0.25) is 5.91 Å². The molecule has 3 aromatic carbocycles. The second kappa shape index (κ2) is 9.54. The van der Waals surface area contributed by atoms with Crippen molar-refractivity contribution in [3.8, 4) is 5.75 Å². The number of ether oxygens (including phenoxy) is 1. The highest BCUT2D eigenvalue weighted by atomic mass is 28.4. The van der Waals surface area contributed by atoms with Crippen LogP contribution in [0.2, 0.25) is 5.04 Å². The molecule has 4 nitrogen and oxygen atoms in total. The minimum absolute atomic E-state index is 0.0198. The lowest BCUT2D eigenvalue weighted by molar-refractivity contribution is -0.117. The summed E-state index contributed by atoms with van der Waals surface area (Å²) in [7, 11) is -1.12. The molecule has 0 bridgehead atoms. The first kappa shape index (κ1) is 23.3. The summed E-state index contributed by atoms with van der Waals surface area (Å²) in [6.07, 6.45) is 1.32. The van der Waals surface area contributed by atoms with Crippen molar-refractivity contribution < 1.29 is 14.0 Å². The van der Waals surface area contributed by atoms with E-state index in [1.807, 2.05) is 41.3 Å². The zero-order chi connectivity index (χ0) is 23.5. The number of benzene rings is 3. The summed E-state index contributed by atoms with van der Waals surface area (Å²) in [5, 5.41) is 2.25. The van der Waals surface area contributed by atoms with Crippen LogP contribution >= 0.6 is 0 Å². The predicted octanol–water partition coefficient (Wildman–Crippen LogP) is 4.77. The van der Waals surface area contributed by atoms with Crippen LogP contribution in [0, 0.1) is 0 Å². The molecule has 1 amide bonds. The molecule has 0 unspecified atom stereocenters. The second-order valence-corrected chi connectivity index (χ2v) is 13.9. The summed E-state index contributed by atoms with van der Waals surface area (Å²) in [6, 6.07) is 29.1. The molecular formula is C28H33NO3Si. The van der Waals surface area contributed by atoms with Crippen molar-refractivity contribution in [2.24, 2.45) is 0 Å². The van der Waals surface area contributed by atoms with Crippen molar-refractivity contribution in [2.75, 3.05) is 18.6 Å². The molecule has 5 heteroatoms. The molecule has 0 radical (unpaired) electrons. The SMILES string of the molecule is COC[C@H]1CCC(=O)N1c1ccccc1O[Si](c1ccccc1)(c1ccccc1)C(C)(C)C. The highest BCUT2D eigenvalue weighted by molar-refractivity contribution is 7.00. The molecule has 1 atom stereocenters. The van der Waals surface area contributed by atoms with Gasteiger partial charge in [0.25, 0.3) is 0 Å². The largest absolute Gasteiger partial charge is 0.533 e. The lowest BCUT2D eigenvalue weighted by Gasteiger charge is -2.43. The van der Waals surface area contributed by atoms with Crippen molar-refractivity contribution >= 4 is 30.3 Å². The van der Waals surface area contributed by atoms with E-state index in [-0.39, 0.29) is 17.0 Å². The summed E-state index contributed by atoms with van der Waals surface area (Å²) in [4.78, 5) is 14.8. The van der Waals surface area contributed by atoms with Crippen LogP contribution in [0.25, 0.3) is 0 Å². The molecule has 0 N–H and O–H groups in total. The summed E-state index contributed by atoms with van der Waals surface area (Å²) in [5.74, 6) is 0.874. The monoisotopic (exact) mass is 459 g/mol. The Balaban J connectivity index is 1.90. The Morgan fingerprint density at radius 1 is 0.879 bits per heavy atom. The third-order valence-corrected chi connectivity index (χ3v) is 11.4. The number of amides is 1. The van der Waals surface area contributed by atoms with E-state index in [0.717, 1.165) is 17.9 Å². The van der Waals surface area contributed by atoms with Crippen LogP contribution in [0.15, 0.2) is 84.9 Å². The predicted molar refractivity (Wildman–Crippen MR) is 137 cm³/mol. The Labute approximate surface area is 198 Å². The van der Waals surface area contributed by atoms with Crippen molar-refractivity contribution in [2.45, 2.75) is 44.7 Å². The fourth-order valence-corrected chi connectivity index (χ4v) is 9.41. The smallest absolute Gasteiger partial charge is 0.320 e. The van der Waals surface area contributed by atoms with Crippen LogP contribution in [0.5, 0.6) is 5.75 Å². The first-order valence-electron chi connectivity index (χ1n) is 11.6. The lowest BCUT2D eigenvalue weighted by Crippen LogP contribution is -2.69. The fourth-order valence-electron chi connectivity index (χ4n) is 4.98. The van der Waals surface area contributed by atoms with E-state index in [0.29, 0.717) is 13.0 Å². The number of hydrogen-bond donors (Lipinski definition) is 0. The van der Waals surface area contributed by atoms with Crippen molar-refractivity contribution in [1.82, 2.24) is 0 Å². The van der Waals surface area contributed by atoms with E-state index in [4.69, 9.17) is 9.16 Å². The molecule has 0 aliphatic carbocycles. The molecule has 1 aliphatic rings. The molecule has 0 aromatic heterocycles. The average Bonchev–Trinajstić information content (AvgIpc) is 3.18. The Morgan fingerprint density at radius 3 is 1.97 bits per heavy atom. The molecule has 1 fully saturated rings. The average molecular weight is 460 g/mol. The van der Waals surface area contributed by atoms with Gasteiger partial charge in [-0.25, -0.2) is 0 Å². The van der Waals surface area contributed by atoms with Crippen molar-refractivity contribution in [1.29, 1.82) is 0 Å². The lowest BCUT2D eigenvalue weighted by atomic mass is 10.2. The minimum atomic E-state index is -2.80. The zero-order valence-electron chi connectivity index (χ0n) is 20.0. The first-order valence-corrected chi connectivity index (χ1v) is 13.5. The number of carbonyl (C=O) groups is 1. The number of methoxy groups -OCH3 is 1. The van der Waals surface area contributed by atoms with Gasteiger partial charge >= 0.3 is 8.32 Å². The van der Waals surface area contributed by atoms with Crippen LogP contribution in [0.1, 0.15) is 33.6 Å². The topological polar surface area (TPSA) is 38.8 Å². The number of nitrogens with zero attached hydrogens (tertiary/aromatic N) is 1. The number of anilines is 1. The van der Waals surface area contributed by atoms with E-state index >= 15 is 0 Å². The molecule has 4 rings (SSSR count). The van der Waals surface area contributed by atoms with E-state index in [1.54, 1.807) is 7.11 Å².